The molecule has 0 N–H and O–H groups in total. The van der Waals surface area contributed by atoms with Gasteiger partial charge in [-0.1, -0.05) is 6.92 Å². The fraction of sp³-hybridized carbons (Fsp3) is 1.00. The van der Waals surface area contributed by atoms with Gasteiger partial charge in [0.1, 0.15) is 5.66 Å². The van der Waals surface area contributed by atoms with E-state index >= 15 is 0 Å². The molecule has 3 unspecified atom stereocenters. The smallest absolute Gasteiger partial charge is 0.169 e. The molecule has 0 amide bonds. The Bertz CT molecular complexity index is 126. The maximum absolute atomic E-state index is 12.9. The van der Waals surface area contributed by atoms with Gasteiger partial charge in [-0.2, -0.15) is 0 Å². The molecule has 0 aromatic rings. The molecule has 0 nitrogen and oxygen atoms in total. The number of alkyl halides is 1. The lowest BCUT2D eigenvalue weighted by Gasteiger charge is -2.41. The van der Waals surface area contributed by atoms with Crippen molar-refractivity contribution in [3.05, 3.63) is 0 Å². The number of halogens is 1. The Morgan fingerprint density at radius 3 is 2.30 bits per heavy atom. The van der Waals surface area contributed by atoms with E-state index in [4.69, 9.17) is 0 Å². The van der Waals surface area contributed by atoms with E-state index in [9.17, 15) is 4.39 Å². The molecule has 1 rings (SSSR count). The third-order valence-electron chi connectivity index (χ3n) is 2.95. The van der Waals surface area contributed by atoms with Crippen LogP contribution in [0, 0.1) is 0 Å². The van der Waals surface area contributed by atoms with Crippen LogP contribution in [0.1, 0.15) is 20.3 Å². The van der Waals surface area contributed by atoms with Crippen molar-refractivity contribution in [3.8, 4) is 0 Å². The first-order valence-electron chi connectivity index (χ1n) is 4.12. The molecule has 0 aromatic carbocycles. The molecule has 1 aliphatic heterocycles. The van der Waals surface area contributed by atoms with Crippen molar-refractivity contribution in [1.29, 1.82) is 0 Å². The van der Waals surface area contributed by atoms with Crippen LogP contribution in [-0.4, -0.2) is 30.8 Å². The second kappa shape index (κ2) is 2.77. The second-order valence-electron chi connectivity index (χ2n) is 3.47. The molecule has 0 radical (unpaired) electrons. The summed E-state index contributed by atoms with van der Waals surface area (Å²) in [7, 11) is -0.765. The van der Waals surface area contributed by atoms with E-state index in [0.29, 0.717) is 5.66 Å². The topological polar surface area (TPSA) is 0 Å². The third-order valence-corrected chi connectivity index (χ3v) is 7.87. The maximum Gasteiger partial charge on any atom is 0.169 e. The maximum atomic E-state index is 12.9. The summed E-state index contributed by atoms with van der Waals surface area (Å²) >= 11 is 0. The molecule has 1 aliphatic rings. The van der Waals surface area contributed by atoms with Crippen LogP contribution in [0.4, 0.5) is 4.39 Å². The van der Waals surface area contributed by atoms with Crippen LogP contribution in [0.15, 0.2) is 0 Å². The van der Waals surface area contributed by atoms with Crippen LogP contribution in [0.3, 0.4) is 0 Å². The molecule has 1 fully saturated rings. The van der Waals surface area contributed by atoms with Gasteiger partial charge in [0.05, 0.1) is 12.3 Å². The molecule has 1 heterocycles. The van der Waals surface area contributed by atoms with Crippen LogP contribution in [0.2, 0.25) is 0 Å². The Balaban J connectivity index is 2.51. The minimum absolute atomic E-state index is 0.455. The van der Waals surface area contributed by atoms with E-state index in [1.807, 2.05) is 0 Å². The van der Waals surface area contributed by atoms with Crippen LogP contribution in [0.25, 0.3) is 0 Å². The fourth-order valence-corrected chi connectivity index (χ4v) is 5.39. The van der Waals surface area contributed by atoms with E-state index in [0.717, 1.165) is 12.6 Å². The Labute approximate surface area is 63.5 Å². The number of rotatable bonds is 2. The van der Waals surface area contributed by atoms with Gasteiger partial charge in [0, 0.05) is 13.9 Å². The van der Waals surface area contributed by atoms with Gasteiger partial charge in [0.15, 0.2) is 6.17 Å². The lowest BCUT2D eigenvalue weighted by atomic mass is 10.2. The molecule has 1 saturated heterocycles. The van der Waals surface area contributed by atoms with Gasteiger partial charge in [0.25, 0.3) is 0 Å². The van der Waals surface area contributed by atoms with Crippen LogP contribution in [0.5, 0.6) is 0 Å². The van der Waals surface area contributed by atoms with Crippen molar-refractivity contribution in [1.82, 2.24) is 0 Å². The molecule has 0 bridgehead atoms. The highest BCUT2D eigenvalue weighted by molar-refractivity contribution is 7.77. The summed E-state index contributed by atoms with van der Waals surface area (Å²) in [6.07, 6.45) is 2.75. The van der Waals surface area contributed by atoms with Crippen molar-refractivity contribution in [2.24, 2.45) is 0 Å². The first-order chi connectivity index (χ1) is 4.64. The Morgan fingerprint density at radius 1 is 1.50 bits per heavy atom. The third kappa shape index (κ3) is 1.09. The van der Waals surface area contributed by atoms with Gasteiger partial charge in [-0.15, -0.1) is 0 Å². The largest absolute Gasteiger partial charge is 0.239 e. The molecular formula is C8H17FP+. The van der Waals surface area contributed by atoms with Gasteiger partial charge in [-0.3, -0.25) is 0 Å². The normalized spacial score (nSPS) is 46.8. The van der Waals surface area contributed by atoms with E-state index in [1.54, 1.807) is 0 Å². The lowest BCUT2D eigenvalue weighted by molar-refractivity contribution is 0.319. The molecule has 0 spiro atoms. The fourth-order valence-electron chi connectivity index (χ4n) is 1.97. The van der Waals surface area contributed by atoms with Gasteiger partial charge < -0.3 is 0 Å². The highest BCUT2D eigenvalue weighted by Gasteiger charge is 2.55. The van der Waals surface area contributed by atoms with E-state index in [-0.39, 0.29) is 0 Å². The lowest BCUT2D eigenvalue weighted by Crippen LogP contribution is -2.41. The van der Waals surface area contributed by atoms with Gasteiger partial charge in [0.2, 0.25) is 0 Å². The molecule has 0 aliphatic carbocycles. The zero-order chi connectivity index (χ0) is 7.78. The van der Waals surface area contributed by atoms with Gasteiger partial charge >= 0.3 is 0 Å². The van der Waals surface area contributed by atoms with Crippen molar-refractivity contribution >= 4 is 7.26 Å². The van der Waals surface area contributed by atoms with Crippen molar-refractivity contribution in [2.45, 2.75) is 32.1 Å². The van der Waals surface area contributed by atoms with E-state index < -0.39 is 13.4 Å². The average Bonchev–Trinajstić information content (AvgIpc) is 1.88. The van der Waals surface area contributed by atoms with E-state index in [2.05, 4.69) is 20.5 Å². The molecule has 3 atom stereocenters. The molecular weight excluding hydrogens is 146 g/mol. The average molecular weight is 163 g/mol. The Kier molecular flexibility index (Phi) is 2.34. The highest BCUT2D eigenvalue weighted by atomic mass is 31.2. The first-order valence-corrected chi connectivity index (χ1v) is 6.80. The monoisotopic (exact) mass is 163 g/mol. The summed E-state index contributed by atoms with van der Waals surface area (Å²) in [4.78, 5) is 0. The minimum Gasteiger partial charge on any atom is -0.239 e. The SMILES string of the molecule is CCC1C(F)C[P+]1(C)CC. The zero-order valence-electron chi connectivity index (χ0n) is 7.10. The first kappa shape index (κ1) is 8.46. The summed E-state index contributed by atoms with van der Waals surface area (Å²) in [6, 6.07) is 0. The van der Waals surface area contributed by atoms with Crippen molar-refractivity contribution in [2.75, 3.05) is 19.0 Å². The van der Waals surface area contributed by atoms with Gasteiger partial charge in [-0.25, -0.2) is 4.39 Å². The van der Waals surface area contributed by atoms with Crippen molar-refractivity contribution < 1.29 is 4.39 Å². The number of hydrogen-bond donors (Lipinski definition) is 0. The van der Waals surface area contributed by atoms with Gasteiger partial charge in [-0.05, 0) is 13.3 Å². The standard InChI is InChI=1S/C8H17FP/c1-4-8-7(9)6-10(8,3)5-2/h7-8H,4-6H2,1-3H3/q+1. The predicted molar refractivity (Wildman–Crippen MR) is 47.2 cm³/mol. The quantitative estimate of drug-likeness (QED) is 0.549. The zero-order valence-corrected chi connectivity index (χ0v) is 8.00. The van der Waals surface area contributed by atoms with Crippen LogP contribution in [-0.2, 0) is 0 Å². The summed E-state index contributed by atoms with van der Waals surface area (Å²) in [5.41, 5.74) is 0.456. The van der Waals surface area contributed by atoms with Crippen LogP contribution < -0.4 is 0 Å². The summed E-state index contributed by atoms with van der Waals surface area (Å²) < 4.78 is 12.9. The molecule has 0 aromatic heterocycles. The second-order valence-corrected chi connectivity index (χ2v) is 8.09. The Morgan fingerprint density at radius 2 is 2.10 bits per heavy atom. The summed E-state index contributed by atoms with van der Waals surface area (Å²) in [5.74, 6) is 0. The summed E-state index contributed by atoms with van der Waals surface area (Å²) in [6.45, 7) is 6.64. The molecule has 10 heavy (non-hydrogen) atoms. The molecule has 0 saturated carbocycles. The predicted octanol–water partition coefficient (Wildman–Crippen LogP) is 2.78. The van der Waals surface area contributed by atoms with E-state index in [1.165, 1.54) is 6.16 Å². The minimum atomic E-state index is -0.765. The van der Waals surface area contributed by atoms with Crippen LogP contribution >= 0.6 is 7.26 Å². The highest BCUT2D eigenvalue weighted by Crippen LogP contribution is 2.70. The Hall–Kier alpha value is 0.360. The number of hydrogen-bond acceptors (Lipinski definition) is 0. The molecule has 60 valence electrons. The van der Waals surface area contributed by atoms with Crippen molar-refractivity contribution in [3.63, 3.8) is 0 Å². The molecule has 2 heteroatoms. The summed E-state index contributed by atoms with van der Waals surface area (Å²) in [5, 5.41) is 0.